The Hall–Kier alpha value is -1.52. The second kappa shape index (κ2) is 4.77. The predicted molar refractivity (Wildman–Crippen MR) is 68.5 cm³/mol. The van der Waals surface area contributed by atoms with Crippen LogP contribution in [0.2, 0.25) is 10.0 Å². The van der Waals surface area contributed by atoms with Crippen molar-refractivity contribution in [3.8, 4) is 17.0 Å². The van der Waals surface area contributed by atoms with E-state index in [2.05, 4.69) is 9.97 Å². The van der Waals surface area contributed by atoms with E-state index in [1.54, 1.807) is 18.2 Å². The topological polar surface area (TPSA) is 61.0 Å². The van der Waals surface area contributed by atoms with Crippen molar-refractivity contribution >= 4 is 29.0 Å². The minimum Gasteiger partial charge on any atom is -0.491 e. The molecule has 88 valence electrons. The molecule has 2 aromatic rings. The van der Waals surface area contributed by atoms with Gasteiger partial charge in [0.05, 0.1) is 17.2 Å². The highest BCUT2D eigenvalue weighted by Gasteiger charge is 2.12. The van der Waals surface area contributed by atoms with E-state index >= 15 is 0 Å². The van der Waals surface area contributed by atoms with Gasteiger partial charge in [-0.15, -0.1) is 0 Å². The standard InChI is InChI=1S/C11H9Cl2N3O/c1-17-10-9(15-5-16-11(10)14)6-2-3-7(12)8(13)4-6/h2-5H,1H3,(H2,14,15,16). The Morgan fingerprint density at radius 3 is 2.59 bits per heavy atom. The number of halogens is 2. The highest BCUT2D eigenvalue weighted by molar-refractivity contribution is 6.42. The van der Waals surface area contributed by atoms with Crippen LogP contribution in [0.15, 0.2) is 24.5 Å². The molecule has 0 aliphatic rings. The molecule has 2 rings (SSSR count). The first-order valence-electron chi connectivity index (χ1n) is 4.73. The summed E-state index contributed by atoms with van der Waals surface area (Å²) >= 11 is 11.8. The van der Waals surface area contributed by atoms with Crippen molar-refractivity contribution in [3.63, 3.8) is 0 Å². The molecule has 1 heterocycles. The lowest BCUT2D eigenvalue weighted by atomic mass is 10.1. The number of nitrogens with zero attached hydrogens (tertiary/aromatic N) is 2. The van der Waals surface area contributed by atoms with Crippen LogP contribution in [0.25, 0.3) is 11.3 Å². The highest BCUT2D eigenvalue weighted by atomic mass is 35.5. The smallest absolute Gasteiger partial charge is 0.187 e. The van der Waals surface area contributed by atoms with Crippen molar-refractivity contribution in [2.75, 3.05) is 12.8 Å². The molecule has 0 amide bonds. The summed E-state index contributed by atoms with van der Waals surface area (Å²) in [5.74, 6) is 0.703. The Balaban J connectivity index is 2.60. The molecule has 1 aromatic heterocycles. The van der Waals surface area contributed by atoms with Gasteiger partial charge in [-0.25, -0.2) is 9.97 Å². The third-order valence-electron chi connectivity index (χ3n) is 2.23. The Kier molecular flexibility index (Phi) is 3.36. The van der Waals surface area contributed by atoms with E-state index in [0.29, 0.717) is 21.5 Å². The fourth-order valence-electron chi connectivity index (χ4n) is 1.44. The number of rotatable bonds is 2. The second-order valence-corrected chi connectivity index (χ2v) is 4.08. The molecule has 0 aliphatic heterocycles. The number of anilines is 1. The Morgan fingerprint density at radius 2 is 1.94 bits per heavy atom. The summed E-state index contributed by atoms with van der Waals surface area (Å²) in [6.45, 7) is 0. The second-order valence-electron chi connectivity index (χ2n) is 3.27. The Bertz CT molecular complexity index is 560. The summed E-state index contributed by atoms with van der Waals surface area (Å²) in [5.41, 5.74) is 7.05. The maximum Gasteiger partial charge on any atom is 0.187 e. The third-order valence-corrected chi connectivity index (χ3v) is 2.97. The molecule has 17 heavy (non-hydrogen) atoms. The van der Waals surface area contributed by atoms with Crippen LogP contribution >= 0.6 is 23.2 Å². The van der Waals surface area contributed by atoms with Gasteiger partial charge in [0.2, 0.25) is 0 Å². The van der Waals surface area contributed by atoms with Crippen LogP contribution in [0.4, 0.5) is 5.82 Å². The molecular formula is C11H9Cl2N3O. The maximum atomic E-state index is 5.95. The van der Waals surface area contributed by atoms with Gasteiger partial charge in [-0.1, -0.05) is 29.3 Å². The molecule has 0 spiro atoms. The summed E-state index contributed by atoms with van der Waals surface area (Å²) in [7, 11) is 1.51. The summed E-state index contributed by atoms with van der Waals surface area (Å²) < 4.78 is 5.17. The summed E-state index contributed by atoms with van der Waals surface area (Å²) in [5, 5.41) is 0.930. The molecule has 0 radical (unpaired) electrons. The van der Waals surface area contributed by atoms with Gasteiger partial charge >= 0.3 is 0 Å². The lowest BCUT2D eigenvalue weighted by molar-refractivity contribution is 0.415. The lowest BCUT2D eigenvalue weighted by Gasteiger charge is -2.09. The van der Waals surface area contributed by atoms with Gasteiger partial charge in [0.25, 0.3) is 0 Å². The molecule has 6 heteroatoms. The average molecular weight is 270 g/mol. The maximum absolute atomic E-state index is 5.95. The zero-order valence-corrected chi connectivity index (χ0v) is 10.5. The molecule has 0 fully saturated rings. The Morgan fingerprint density at radius 1 is 1.18 bits per heavy atom. The van der Waals surface area contributed by atoms with Crippen molar-refractivity contribution in [3.05, 3.63) is 34.6 Å². The molecule has 0 saturated heterocycles. The third kappa shape index (κ3) is 2.28. The van der Waals surface area contributed by atoms with Crippen molar-refractivity contribution in [1.82, 2.24) is 9.97 Å². The van der Waals surface area contributed by atoms with E-state index in [0.717, 1.165) is 5.56 Å². The van der Waals surface area contributed by atoms with Crippen LogP contribution in [0.1, 0.15) is 0 Å². The number of benzene rings is 1. The first-order chi connectivity index (χ1) is 8.13. The zero-order chi connectivity index (χ0) is 12.4. The fraction of sp³-hybridized carbons (Fsp3) is 0.0909. The van der Waals surface area contributed by atoms with Crippen LogP contribution in [-0.4, -0.2) is 17.1 Å². The number of hydrogen-bond acceptors (Lipinski definition) is 4. The fourth-order valence-corrected chi connectivity index (χ4v) is 1.74. The molecule has 0 unspecified atom stereocenters. The number of ether oxygens (including phenoxy) is 1. The van der Waals surface area contributed by atoms with Crippen LogP contribution in [0.5, 0.6) is 5.75 Å². The highest BCUT2D eigenvalue weighted by Crippen LogP contribution is 2.34. The first-order valence-corrected chi connectivity index (χ1v) is 5.49. The average Bonchev–Trinajstić information content (AvgIpc) is 2.32. The van der Waals surface area contributed by atoms with E-state index in [-0.39, 0.29) is 5.82 Å². The van der Waals surface area contributed by atoms with Crippen molar-refractivity contribution in [2.45, 2.75) is 0 Å². The molecule has 0 aliphatic carbocycles. The van der Waals surface area contributed by atoms with Crippen molar-refractivity contribution in [2.24, 2.45) is 0 Å². The quantitative estimate of drug-likeness (QED) is 0.911. The van der Waals surface area contributed by atoms with Crippen LogP contribution in [0, 0.1) is 0 Å². The van der Waals surface area contributed by atoms with Crippen LogP contribution in [-0.2, 0) is 0 Å². The number of methoxy groups -OCH3 is 1. The van der Waals surface area contributed by atoms with Crippen LogP contribution in [0.3, 0.4) is 0 Å². The van der Waals surface area contributed by atoms with Gasteiger partial charge < -0.3 is 10.5 Å². The van der Waals surface area contributed by atoms with E-state index < -0.39 is 0 Å². The van der Waals surface area contributed by atoms with Crippen molar-refractivity contribution < 1.29 is 4.74 Å². The minimum absolute atomic E-state index is 0.281. The van der Waals surface area contributed by atoms with E-state index in [4.69, 9.17) is 33.7 Å². The minimum atomic E-state index is 0.281. The van der Waals surface area contributed by atoms with Crippen LogP contribution < -0.4 is 10.5 Å². The predicted octanol–water partition coefficient (Wildman–Crippen LogP) is 3.04. The van der Waals surface area contributed by atoms with Gasteiger partial charge in [0, 0.05) is 5.56 Å². The SMILES string of the molecule is COc1c(N)ncnc1-c1ccc(Cl)c(Cl)c1. The number of nitrogen functional groups attached to an aromatic ring is 1. The van der Waals surface area contributed by atoms with E-state index in [1.165, 1.54) is 13.4 Å². The summed E-state index contributed by atoms with van der Waals surface area (Å²) in [6, 6.07) is 5.18. The van der Waals surface area contributed by atoms with E-state index in [1.807, 2.05) is 0 Å². The lowest BCUT2D eigenvalue weighted by Crippen LogP contribution is -1.99. The molecule has 0 atom stereocenters. The van der Waals surface area contributed by atoms with Gasteiger partial charge in [-0.2, -0.15) is 0 Å². The monoisotopic (exact) mass is 269 g/mol. The van der Waals surface area contributed by atoms with Gasteiger partial charge in [0.1, 0.15) is 12.0 Å². The molecular weight excluding hydrogens is 261 g/mol. The number of hydrogen-bond donors (Lipinski definition) is 1. The summed E-state index contributed by atoms with van der Waals surface area (Å²) in [6.07, 6.45) is 1.37. The first kappa shape index (κ1) is 12.0. The zero-order valence-electron chi connectivity index (χ0n) is 8.95. The molecule has 2 N–H and O–H groups in total. The summed E-state index contributed by atoms with van der Waals surface area (Å²) in [4.78, 5) is 7.99. The van der Waals surface area contributed by atoms with Gasteiger partial charge in [0.15, 0.2) is 11.6 Å². The van der Waals surface area contributed by atoms with Gasteiger partial charge in [-0.05, 0) is 12.1 Å². The molecule has 4 nitrogen and oxygen atoms in total. The molecule has 0 bridgehead atoms. The Labute approximate surface area is 108 Å². The number of aromatic nitrogens is 2. The normalized spacial score (nSPS) is 10.3. The molecule has 1 aromatic carbocycles. The van der Waals surface area contributed by atoms with E-state index in [9.17, 15) is 0 Å². The molecule has 0 saturated carbocycles. The van der Waals surface area contributed by atoms with Gasteiger partial charge in [-0.3, -0.25) is 0 Å². The largest absolute Gasteiger partial charge is 0.491 e. The van der Waals surface area contributed by atoms with Crippen molar-refractivity contribution in [1.29, 1.82) is 0 Å². The number of nitrogens with two attached hydrogens (primary N) is 1.